The van der Waals surface area contributed by atoms with Crippen LogP contribution in [-0.4, -0.2) is 25.3 Å². The van der Waals surface area contributed by atoms with E-state index in [0.29, 0.717) is 28.0 Å². The molecule has 5 nitrogen and oxygen atoms in total. The molecule has 0 fully saturated rings. The fraction of sp³-hybridized carbons (Fsp3) is 0.190. The van der Waals surface area contributed by atoms with Crippen LogP contribution in [0.2, 0.25) is 0 Å². The van der Waals surface area contributed by atoms with Gasteiger partial charge in [-0.2, -0.15) is 13.2 Å². The van der Waals surface area contributed by atoms with E-state index in [2.05, 4.69) is 9.97 Å². The molecule has 0 atom stereocenters. The van der Waals surface area contributed by atoms with Gasteiger partial charge in [-0.1, -0.05) is 54.2 Å². The molecule has 2 aromatic heterocycles. The molecule has 4 rings (SSSR count). The smallest absolute Gasteiger partial charge is 0.310 e. The predicted octanol–water partition coefficient (Wildman–Crippen LogP) is 4.65. The molecule has 0 unspecified atom stereocenters. The Morgan fingerprint density at radius 2 is 1.73 bits per heavy atom. The molecule has 4 aromatic rings. The van der Waals surface area contributed by atoms with Crippen molar-refractivity contribution in [3.8, 4) is 11.3 Å². The lowest BCUT2D eigenvalue weighted by atomic mass is 10.2. The summed E-state index contributed by atoms with van der Waals surface area (Å²) < 4.78 is 42.3. The number of benzene rings is 2. The summed E-state index contributed by atoms with van der Waals surface area (Å²) in [6, 6.07) is 15.8. The lowest BCUT2D eigenvalue weighted by Gasteiger charge is -2.14. The first-order valence-corrected chi connectivity index (χ1v) is 10.1. The van der Waals surface area contributed by atoms with E-state index < -0.39 is 12.7 Å². The molecule has 0 saturated heterocycles. The van der Waals surface area contributed by atoms with Gasteiger partial charge in [0.1, 0.15) is 12.4 Å². The number of nitrogens with zero attached hydrogens (tertiary/aromatic N) is 4. The Morgan fingerprint density at radius 3 is 2.47 bits per heavy atom. The molecule has 0 aliphatic heterocycles. The van der Waals surface area contributed by atoms with Crippen LogP contribution in [0.3, 0.4) is 0 Å². The third-order valence-corrected chi connectivity index (χ3v) is 5.62. The number of rotatable bonds is 5. The summed E-state index contributed by atoms with van der Waals surface area (Å²) in [5, 5.41) is 0.715. The van der Waals surface area contributed by atoms with Gasteiger partial charge in [0.05, 0.1) is 28.5 Å². The summed E-state index contributed by atoms with van der Waals surface area (Å²) in [7, 11) is 1.61. The first kappa shape index (κ1) is 20.2. The third kappa shape index (κ3) is 4.11. The van der Waals surface area contributed by atoms with E-state index in [-0.39, 0.29) is 16.5 Å². The number of fused-ring (bicyclic) bond motifs is 1. The standard InChI is InChI=1S/C21H17F3N4OS/c1-27-18(26-16-10-6-5-9-15(16)19(27)29)12-30-20-25-11-17(14-7-3-2-4-8-14)28(20)13-21(22,23)24/h2-11H,12-13H2,1H3. The van der Waals surface area contributed by atoms with Crippen molar-refractivity contribution in [3.05, 3.63) is 77.0 Å². The van der Waals surface area contributed by atoms with E-state index >= 15 is 0 Å². The Balaban J connectivity index is 1.69. The number of hydrogen-bond acceptors (Lipinski definition) is 4. The van der Waals surface area contributed by atoms with Crippen molar-refractivity contribution in [2.24, 2.45) is 7.05 Å². The maximum Gasteiger partial charge on any atom is 0.406 e. The van der Waals surface area contributed by atoms with E-state index in [0.717, 1.165) is 16.3 Å². The first-order chi connectivity index (χ1) is 14.3. The lowest BCUT2D eigenvalue weighted by molar-refractivity contribution is -0.141. The minimum atomic E-state index is -4.40. The molecule has 2 heterocycles. The molecule has 0 radical (unpaired) electrons. The number of para-hydroxylation sites is 1. The number of halogens is 3. The molecule has 30 heavy (non-hydrogen) atoms. The lowest BCUT2D eigenvalue weighted by Crippen LogP contribution is -2.22. The van der Waals surface area contributed by atoms with Crippen LogP contribution >= 0.6 is 11.8 Å². The normalized spacial score (nSPS) is 11.9. The van der Waals surface area contributed by atoms with E-state index in [1.54, 1.807) is 61.6 Å². The van der Waals surface area contributed by atoms with Crippen LogP contribution in [0.25, 0.3) is 22.2 Å². The van der Waals surface area contributed by atoms with Gasteiger partial charge < -0.3 is 4.57 Å². The minimum absolute atomic E-state index is 0.195. The summed E-state index contributed by atoms with van der Waals surface area (Å²) in [4.78, 5) is 21.3. The summed E-state index contributed by atoms with van der Waals surface area (Å²) in [5.41, 5.74) is 1.40. The van der Waals surface area contributed by atoms with Crippen molar-refractivity contribution in [2.75, 3.05) is 0 Å². The Kier molecular flexibility index (Phi) is 5.38. The average Bonchev–Trinajstić information content (AvgIpc) is 3.11. The molecule has 0 N–H and O–H groups in total. The number of aromatic nitrogens is 4. The van der Waals surface area contributed by atoms with Crippen molar-refractivity contribution in [1.29, 1.82) is 0 Å². The molecule has 2 aromatic carbocycles. The van der Waals surface area contributed by atoms with Crippen LogP contribution in [0.4, 0.5) is 13.2 Å². The van der Waals surface area contributed by atoms with E-state index in [9.17, 15) is 18.0 Å². The van der Waals surface area contributed by atoms with Gasteiger partial charge >= 0.3 is 6.18 Å². The molecular weight excluding hydrogens is 413 g/mol. The van der Waals surface area contributed by atoms with E-state index in [1.807, 2.05) is 0 Å². The van der Waals surface area contributed by atoms with Gasteiger partial charge in [-0.15, -0.1) is 0 Å². The molecule has 0 spiro atoms. The number of imidazole rings is 1. The SMILES string of the molecule is Cn1c(CSc2ncc(-c3ccccc3)n2CC(F)(F)F)nc2ccccc2c1=O. The average molecular weight is 430 g/mol. The van der Waals surface area contributed by atoms with Gasteiger partial charge in [-0.05, 0) is 17.7 Å². The topological polar surface area (TPSA) is 52.7 Å². The summed E-state index contributed by atoms with van der Waals surface area (Å²) in [5.74, 6) is 0.672. The Bertz CT molecular complexity index is 1250. The second-order valence-corrected chi connectivity index (χ2v) is 7.63. The highest BCUT2D eigenvalue weighted by molar-refractivity contribution is 7.98. The second kappa shape index (κ2) is 7.98. The fourth-order valence-corrected chi connectivity index (χ4v) is 4.13. The second-order valence-electron chi connectivity index (χ2n) is 6.69. The zero-order valence-electron chi connectivity index (χ0n) is 15.9. The molecule has 0 saturated carbocycles. The highest BCUT2D eigenvalue weighted by Gasteiger charge is 2.31. The molecule has 0 aliphatic rings. The van der Waals surface area contributed by atoms with Crippen molar-refractivity contribution in [1.82, 2.24) is 19.1 Å². The molecule has 154 valence electrons. The minimum Gasteiger partial charge on any atom is -0.310 e. The highest BCUT2D eigenvalue weighted by Crippen LogP contribution is 2.31. The fourth-order valence-electron chi connectivity index (χ4n) is 3.17. The quantitative estimate of drug-likeness (QED) is 0.433. The summed E-state index contributed by atoms with van der Waals surface area (Å²) in [6.45, 7) is -1.15. The van der Waals surface area contributed by atoms with E-state index in [4.69, 9.17) is 0 Å². The highest BCUT2D eigenvalue weighted by atomic mass is 32.2. The molecule has 0 bridgehead atoms. The van der Waals surface area contributed by atoms with Gasteiger partial charge in [0.25, 0.3) is 5.56 Å². The maximum atomic E-state index is 13.2. The monoisotopic (exact) mass is 430 g/mol. The molecular formula is C21H17F3N4OS. The number of thioether (sulfide) groups is 1. The first-order valence-electron chi connectivity index (χ1n) is 9.08. The maximum absolute atomic E-state index is 13.2. The zero-order valence-corrected chi connectivity index (χ0v) is 16.7. The molecule has 0 amide bonds. The summed E-state index contributed by atoms with van der Waals surface area (Å²) in [6.07, 6.45) is -2.95. The van der Waals surface area contributed by atoms with Crippen molar-refractivity contribution in [2.45, 2.75) is 23.6 Å². The number of alkyl halides is 3. The van der Waals surface area contributed by atoms with Crippen LogP contribution in [0, 0.1) is 0 Å². The Morgan fingerprint density at radius 1 is 1.03 bits per heavy atom. The van der Waals surface area contributed by atoms with Crippen LogP contribution in [0.15, 0.2) is 70.7 Å². The molecule has 0 aliphatic carbocycles. The van der Waals surface area contributed by atoms with Gasteiger partial charge in [-0.25, -0.2) is 9.97 Å². The summed E-state index contributed by atoms with van der Waals surface area (Å²) >= 11 is 1.12. The van der Waals surface area contributed by atoms with Gasteiger partial charge in [-0.3, -0.25) is 9.36 Å². The molecule has 9 heteroatoms. The van der Waals surface area contributed by atoms with Crippen LogP contribution in [0.5, 0.6) is 0 Å². The van der Waals surface area contributed by atoms with Crippen LogP contribution in [-0.2, 0) is 19.3 Å². The van der Waals surface area contributed by atoms with Gasteiger partial charge in [0.2, 0.25) is 0 Å². The van der Waals surface area contributed by atoms with Gasteiger partial charge in [0.15, 0.2) is 5.16 Å². The van der Waals surface area contributed by atoms with Crippen LogP contribution < -0.4 is 5.56 Å². The largest absolute Gasteiger partial charge is 0.406 e. The van der Waals surface area contributed by atoms with Crippen molar-refractivity contribution >= 4 is 22.7 Å². The number of hydrogen-bond donors (Lipinski definition) is 0. The van der Waals surface area contributed by atoms with Crippen LogP contribution in [0.1, 0.15) is 5.82 Å². The predicted molar refractivity (Wildman–Crippen MR) is 110 cm³/mol. The Labute approximate surface area is 174 Å². The Hall–Kier alpha value is -3.07. The van der Waals surface area contributed by atoms with Crippen molar-refractivity contribution < 1.29 is 13.2 Å². The van der Waals surface area contributed by atoms with E-state index in [1.165, 1.54) is 10.8 Å². The van der Waals surface area contributed by atoms with Crippen molar-refractivity contribution in [3.63, 3.8) is 0 Å². The van der Waals surface area contributed by atoms with Gasteiger partial charge in [0, 0.05) is 7.05 Å². The zero-order chi connectivity index (χ0) is 21.3. The third-order valence-electron chi connectivity index (χ3n) is 4.63.